The molecule has 3 amide bonds. The molecule has 2 aliphatic rings. The molecule has 2 aliphatic heterocycles. The van der Waals surface area contributed by atoms with Gasteiger partial charge in [0, 0.05) is 50.6 Å². The zero-order valence-electron chi connectivity index (χ0n) is 23.0. The van der Waals surface area contributed by atoms with E-state index in [0.29, 0.717) is 35.2 Å². The summed E-state index contributed by atoms with van der Waals surface area (Å²) in [7, 11) is 0. The zero-order chi connectivity index (χ0) is 27.9. The highest BCUT2D eigenvalue weighted by Crippen LogP contribution is 2.24. The van der Waals surface area contributed by atoms with Gasteiger partial charge in [-0.05, 0) is 88.8 Å². The summed E-state index contributed by atoms with van der Waals surface area (Å²) < 4.78 is 19.2. The molecule has 8 nitrogen and oxygen atoms in total. The smallest absolute Gasteiger partial charge is 0.322 e. The maximum Gasteiger partial charge on any atom is 0.322 e. The lowest BCUT2D eigenvalue weighted by Crippen LogP contribution is -2.52. The number of halogens is 2. The summed E-state index contributed by atoms with van der Waals surface area (Å²) in [6.07, 6.45) is 4.54. The molecule has 4 rings (SSSR count). The second kappa shape index (κ2) is 13.5. The van der Waals surface area contributed by atoms with Crippen LogP contribution in [0.15, 0.2) is 30.3 Å². The normalized spacial score (nSPS) is 19.1. The van der Waals surface area contributed by atoms with Crippen LogP contribution in [0, 0.1) is 19.7 Å². The maximum atomic E-state index is 13.3. The number of nitrogens with one attached hydrogen (secondary N) is 2. The number of anilines is 1. The van der Waals surface area contributed by atoms with E-state index in [1.165, 1.54) is 12.1 Å². The Balaban J connectivity index is 1.28. The molecule has 0 bridgehead atoms. The summed E-state index contributed by atoms with van der Waals surface area (Å²) >= 11 is 6.00. The van der Waals surface area contributed by atoms with Crippen molar-refractivity contribution in [3.8, 4) is 0 Å². The van der Waals surface area contributed by atoms with Crippen molar-refractivity contribution in [2.45, 2.75) is 71.1 Å². The average molecular weight is 560 g/mol. The Labute approximate surface area is 235 Å². The largest absolute Gasteiger partial charge is 0.376 e. The predicted molar refractivity (Wildman–Crippen MR) is 151 cm³/mol. The number of nitrogens with zero attached hydrogens (tertiary/aromatic N) is 3. The Morgan fingerprint density at radius 3 is 2.56 bits per heavy atom. The van der Waals surface area contributed by atoms with Gasteiger partial charge < -0.3 is 25.2 Å². The molecule has 10 heteroatoms. The van der Waals surface area contributed by atoms with Gasteiger partial charge in [0.25, 0.3) is 5.91 Å². The number of benzene rings is 1. The quantitative estimate of drug-likeness (QED) is 0.414. The molecule has 0 radical (unpaired) electrons. The van der Waals surface area contributed by atoms with Crippen molar-refractivity contribution in [3.05, 3.63) is 58.1 Å². The summed E-state index contributed by atoms with van der Waals surface area (Å²) in [5, 5.41) is 6.36. The number of aryl methyl sites for hydroxylation is 2. The Hall–Kier alpha value is -2.75. The Morgan fingerprint density at radius 1 is 1.21 bits per heavy atom. The lowest BCUT2D eigenvalue weighted by atomic mass is 10.00. The van der Waals surface area contributed by atoms with Crippen LogP contribution in [-0.4, -0.2) is 77.7 Å². The molecular weight excluding hydrogens is 521 g/mol. The highest BCUT2D eigenvalue weighted by Gasteiger charge is 2.32. The molecule has 2 saturated heterocycles. The highest BCUT2D eigenvalue weighted by molar-refractivity contribution is 6.29. The van der Waals surface area contributed by atoms with Crippen LogP contribution < -0.4 is 10.6 Å². The fourth-order valence-electron chi connectivity index (χ4n) is 5.57. The number of carbonyl (C=O) groups excluding carboxylic acids is 2. The number of hydrogen-bond donors (Lipinski definition) is 2. The van der Waals surface area contributed by atoms with Crippen molar-refractivity contribution in [2.75, 3.05) is 38.1 Å². The third kappa shape index (κ3) is 7.90. The lowest BCUT2D eigenvalue weighted by molar-refractivity contribution is 0.0518. The standard InChI is InChI=1S/C29H39ClFN5O3/c1-19-17-26(30)33-21(3)27(19)28(37)32-13-10-20(2)35-14-11-24(12-15-35)36(18-25-5-4-16-39-25)29(38)34-23-8-6-22(31)7-9-23/h6-9,17,20,24-25H,4-5,10-16,18H2,1-3H3,(H,32,37)(H,34,38)/t20-,25?/m1/s1. The molecule has 2 atom stereocenters. The van der Waals surface area contributed by atoms with Gasteiger partial charge in [-0.15, -0.1) is 0 Å². The molecule has 0 spiro atoms. The molecule has 3 heterocycles. The number of urea groups is 1. The molecule has 2 aromatic rings. The topological polar surface area (TPSA) is 86.8 Å². The van der Waals surface area contributed by atoms with Crippen LogP contribution in [0.4, 0.5) is 14.9 Å². The van der Waals surface area contributed by atoms with Crippen molar-refractivity contribution in [2.24, 2.45) is 0 Å². The van der Waals surface area contributed by atoms with E-state index in [1.54, 1.807) is 25.1 Å². The fraction of sp³-hybridized carbons (Fsp3) is 0.552. The summed E-state index contributed by atoms with van der Waals surface area (Å²) in [6.45, 7) is 9.42. The first-order valence-electron chi connectivity index (χ1n) is 13.8. The van der Waals surface area contributed by atoms with Gasteiger partial charge in [0.05, 0.1) is 17.4 Å². The average Bonchev–Trinajstić information content (AvgIpc) is 3.41. The van der Waals surface area contributed by atoms with Gasteiger partial charge in [-0.25, -0.2) is 14.2 Å². The van der Waals surface area contributed by atoms with E-state index in [1.807, 2.05) is 11.8 Å². The SMILES string of the molecule is Cc1cc(Cl)nc(C)c1C(=O)NCC[C@@H](C)N1CCC(N(CC2CCCO2)C(=O)Nc2ccc(F)cc2)CC1. The van der Waals surface area contributed by atoms with Crippen molar-refractivity contribution in [3.63, 3.8) is 0 Å². The van der Waals surface area contributed by atoms with Crippen LogP contribution in [0.25, 0.3) is 0 Å². The van der Waals surface area contributed by atoms with Gasteiger partial charge in [0.1, 0.15) is 11.0 Å². The fourth-order valence-corrected chi connectivity index (χ4v) is 5.86. The van der Waals surface area contributed by atoms with Crippen molar-refractivity contribution in [1.82, 2.24) is 20.1 Å². The van der Waals surface area contributed by atoms with Crippen LogP contribution in [0.2, 0.25) is 5.15 Å². The second-order valence-corrected chi connectivity index (χ2v) is 11.0. The molecule has 0 aliphatic carbocycles. The molecule has 1 aromatic heterocycles. The monoisotopic (exact) mass is 559 g/mol. The molecule has 1 unspecified atom stereocenters. The molecule has 2 N–H and O–H groups in total. The first-order chi connectivity index (χ1) is 18.7. The van der Waals surface area contributed by atoms with E-state index in [4.69, 9.17) is 16.3 Å². The number of ether oxygens (including phenoxy) is 1. The molecule has 2 fully saturated rings. The first kappa shape index (κ1) is 29.2. The van der Waals surface area contributed by atoms with Crippen molar-refractivity contribution < 1.29 is 18.7 Å². The predicted octanol–water partition coefficient (Wildman–Crippen LogP) is 5.18. The summed E-state index contributed by atoms with van der Waals surface area (Å²) in [5.74, 6) is -0.463. The number of piperidine rings is 1. The Bertz CT molecular complexity index is 1110. The van der Waals surface area contributed by atoms with E-state index < -0.39 is 0 Å². The number of likely N-dealkylation sites (tertiary alicyclic amines) is 1. The summed E-state index contributed by atoms with van der Waals surface area (Å²) in [6, 6.07) is 7.76. The van der Waals surface area contributed by atoms with E-state index in [-0.39, 0.29) is 35.9 Å². The first-order valence-corrected chi connectivity index (χ1v) is 14.2. The number of pyridine rings is 1. The van der Waals surface area contributed by atoms with Crippen LogP contribution in [0.3, 0.4) is 0 Å². The van der Waals surface area contributed by atoms with E-state index in [9.17, 15) is 14.0 Å². The number of rotatable bonds is 9. The minimum Gasteiger partial charge on any atom is -0.376 e. The molecule has 0 saturated carbocycles. The van der Waals surface area contributed by atoms with Gasteiger partial charge in [0.2, 0.25) is 0 Å². The van der Waals surface area contributed by atoms with Gasteiger partial charge in [-0.2, -0.15) is 0 Å². The highest BCUT2D eigenvalue weighted by atomic mass is 35.5. The van der Waals surface area contributed by atoms with Crippen LogP contribution in [0.1, 0.15) is 60.6 Å². The third-order valence-electron chi connectivity index (χ3n) is 7.78. The molecule has 39 heavy (non-hydrogen) atoms. The van der Waals surface area contributed by atoms with E-state index >= 15 is 0 Å². The Morgan fingerprint density at radius 2 is 1.92 bits per heavy atom. The van der Waals surface area contributed by atoms with Gasteiger partial charge in [-0.1, -0.05) is 11.6 Å². The van der Waals surface area contributed by atoms with Crippen LogP contribution >= 0.6 is 11.6 Å². The van der Waals surface area contributed by atoms with Gasteiger partial charge >= 0.3 is 6.03 Å². The second-order valence-electron chi connectivity index (χ2n) is 10.6. The Kier molecular flexibility index (Phi) is 10.2. The van der Waals surface area contributed by atoms with E-state index in [2.05, 4.69) is 27.4 Å². The third-order valence-corrected chi connectivity index (χ3v) is 7.98. The minimum absolute atomic E-state index is 0.0487. The minimum atomic E-state index is -0.336. The van der Waals surface area contributed by atoms with Crippen LogP contribution in [0.5, 0.6) is 0 Å². The van der Waals surface area contributed by atoms with Gasteiger partial charge in [-0.3, -0.25) is 4.79 Å². The number of amides is 3. The van der Waals surface area contributed by atoms with Crippen molar-refractivity contribution >= 4 is 29.2 Å². The van der Waals surface area contributed by atoms with Crippen molar-refractivity contribution in [1.29, 1.82) is 0 Å². The lowest BCUT2D eigenvalue weighted by Gasteiger charge is -2.41. The maximum absolute atomic E-state index is 13.3. The summed E-state index contributed by atoms with van der Waals surface area (Å²) in [4.78, 5) is 34.6. The molecule has 212 valence electrons. The number of aromatic nitrogens is 1. The number of hydrogen-bond acceptors (Lipinski definition) is 5. The zero-order valence-corrected chi connectivity index (χ0v) is 23.8. The summed E-state index contributed by atoms with van der Waals surface area (Å²) in [5.41, 5.74) is 2.60. The van der Waals surface area contributed by atoms with Crippen LogP contribution in [-0.2, 0) is 4.74 Å². The molecular formula is C29H39ClFN5O3. The van der Waals surface area contributed by atoms with Gasteiger partial charge in [0.15, 0.2) is 0 Å². The number of carbonyl (C=O) groups is 2. The molecule has 1 aromatic carbocycles. The van der Waals surface area contributed by atoms with E-state index in [0.717, 1.165) is 57.4 Å².